The zero-order chi connectivity index (χ0) is 23.6. The summed E-state index contributed by atoms with van der Waals surface area (Å²) in [4.78, 5) is 31.1. The Kier molecular flexibility index (Phi) is 6.24. The van der Waals surface area contributed by atoms with Gasteiger partial charge in [0.2, 0.25) is 0 Å². The monoisotopic (exact) mass is 476 g/mol. The smallest absolute Gasteiger partial charge is 0.422 e. The van der Waals surface area contributed by atoms with E-state index in [1.54, 1.807) is 30.3 Å². The molecule has 4 rings (SSSR count). The Hall–Kier alpha value is -3.59. The van der Waals surface area contributed by atoms with Crippen molar-refractivity contribution in [3.63, 3.8) is 0 Å². The van der Waals surface area contributed by atoms with Crippen LogP contribution >= 0.6 is 11.6 Å². The average Bonchev–Trinajstić information content (AvgIpc) is 3.08. The molecule has 1 amide bonds. The quantitative estimate of drug-likeness (QED) is 0.368. The predicted octanol–water partition coefficient (Wildman–Crippen LogP) is 5.05. The number of amides is 1. The fraction of sp³-hybridized carbons (Fsp3) is 0.174. The van der Waals surface area contributed by atoms with Gasteiger partial charge >= 0.3 is 12.1 Å². The Bertz CT molecular complexity index is 1200. The number of ether oxygens (including phenoxy) is 2. The van der Waals surface area contributed by atoms with Crippen LogP contribution in [0.25, 0.3) is 0 Å². The Morgan fingerprint density at radius 1 is 1.12 bits per heavy atom. The average molecular weight is 477 g/mol. The van der Waals surface area contributed by atoms with Gasteiger partial charge in [0.25, 0.3) is 5.91 Å². The number of halogens is 4. The number of hydrogen-bond acceptors (Lipinski definition) is 5. The van der Waals surface area contributed by atoms with E-state index in [9.17, 15) is 22.8 Å². The number of benzene rings is 2. The summed E-state index contributed by atoms with van der Waals surface area (Å²) < 4.78 is 47.1. The molecule has 0 radical (unpaired) electrons. The molecule has 0 unspecified atom stereocenters. The van der Waals surface area contributed by atoms with E-state index in [-0.39, 0.29) is 35.5 Å². The van der Waals surface area contributed by atoms with Crippen LogP contribution in [0.1, 0.15) is 32.0 Å². The van der Waals surface area contributed by atoms with Gasteiger partial charge in [-0.15, -0.1) is 0 Å². The number of alkyl halides is 3. The number of rotatable bonds is 6. The number of para-hydroxylation sites is 1. The molecule has 1 aromatic heterocycles. The Morgan fingerprint density at radius 2 is 1.88 bits per heavy atom. The topological polar surface area (TPSA) is 68.7 Å². The van der Waals surface area contributed by atoms with Gasteiger partial charge in [-0.3, -0.25) is 4.79 Å². The van der Waals surface area contributed by atoms with Gasteiger partial charge in [-0.2, -0.15) is 13.2 Å². The summed E-state index contributed by atoms with van der Waals surface area (Å²) in [5.74, 6) is -0.744. The van der Waals surface area contributed by atoms with Crippen molar-refractivity contribution in [1.29, 1.82) is 0 Å². The van der Waals surface area contributed by atoms with Crippen molar-refractivity contribution >= 4 is 23.5 Å². The zero-order valence-electron chi connectivity index (χ0n) is 16.9. The fourth-order valence-electron chi connectivity index (χ4n) is 3.37. The summed E-state index contributed by atoms with van der Waals surface area (Å²) in [5.41, 5.74) is 1.41. The third kappa shape index (κ3) is 5.25. The third-order valence-corrected chi connectivity index (χ3v) is 5.13. The van der Waals surface area contributed by atoms with E-state index in [0.29, 0.717) is 22.4 Å². The van der Waals surface area contributed by atoms with Gasteiger partial charge in [-0.25, -0.2) is 9.78 Å². The largest absolute Gasteiger partial charge is 0.483 e. The molecule has 0 fully saturated rings. The fourth-order valence-corrected chi connectivity index (χ4v) is 3.63. The molecule has 0 bridgehead atoms. The maximum atomic E-state index is 12.9. The van der Waals surface area contributed by atoms with Crippen LogP contribution in [0.2, 0.25) is 5.02 Å². The molecular formula is C23H16ClF3N2O4. The van der Waals surface area contributed by atoms with E-state index in [1.807, 2.05) is 0 Å². The summed E-state index contributed by atoms with van der Waals surface area (Å²) >= 11 is 6.05. The lowest BCUT2D eigenvalue weighted by molar-refractivity contribution is -0.153. The first-order chi connectivity index (χ1) is 15.7. The lowest BCUT2D eigenvalue weighted by Crippen LogP contribution is -2.23. The molecule has 10 heteroatoms. The van der Waals surface area contributed by atoms with Gasteiger partial charge in [0.1, 0.15) is 11.5 Å². The van der Waals surface area contributed by atoms with Crippen molar-refractivity contribution in [3.8, 4) is 11.5 Å². The van der Waals surface area contributed by atoms with E-state index < -0.39 is 18.8 Å². The normalized spacial score (nSPS) is 13.1. The van der Waals surface area contributed by atoms with Gasteiger partial charge in [-0.05, 0) is 35.9 Å². The first-order valence-corrected chi connectivity index (χ1v) is 10.1. The van der Waals surface area contributed by atoms with Crippen molar-refractivity contribution < 1.29 is 32.2 Å². The number of hydrogen-bond donors (Lipinski definition) is 0. The molecule has 33 heavy (non-hydrogen) atoms. The molecule has 0 saturated carbocycles. The first kappa shape index (κ1) is 22.6. The van der Waals surface area contributed by atoms with Crippen LogP contribution in [0.15, 0.2) is 60.8 Å². The van der Waals surface area contributed by atoms with Crippen LogP contribution in [0.4, 0.5) is 13.2 Å². The summed E-state index contributed by atoms with van der Waals surface area (Å²) in [6, 6.07) is 14.3. The molecule has 0 spiro atoms. The Labute approximate surface area is 191 Å². The third-order valence-electron chi connectivity index (χ3n) is 4.83. The zero-order valence-corrected chi connectivity index (χ0v) is 17.7. The van der Waals surface area contributed by atoms with Crippen molar-refractivity contribution in [1.82, 2.24) is 9.88 Å². The van der Waals surface area contributed by atoms with Gasteiger partial charge < -0.3 is 14.4 Å². The second kappa shape index (κ2) is 9.11. The summed E-state index contributed by atoms with van der Waals surface area (Å²) in [6.07, 6.45) is -3.12. The van der Waals surface area contributed by atoms with E-state index in [4.69, 9.17) is 21.1 Å². The molecule has 2 heterocycles. The lowest BCUT2D eigenvalue weighted by atomic mass is 10.1. The number of nitrogens with zero attached hydrogens (tertiary/aromatic N) is 2. The van der Waals surface area contributed by atoms with Crippen molar-refractivity contribution in [2.24, 2.45) is 0 Å². The Balaban J connectivity index is 1.48. The lowest BCUT2D eigenvalue weighted by Gasteiger charge is -2.17. The second-order valence-corrected chi connectivity index (χ2v) is 7.63. The maximum absolute atomic E-state index is 12.9. The highest BCUT2D eigenvalue weighted by Crippen LogP contribution is 2.31. The van der Waals surface area contributed by atoms with Crippen LogP contribution in [0.5, 0.6) is 11.5 Å². The second-order valence-electron chi connectivity index (χ2n) is 7.22. The number of fused-ring (bicyclic) bond motifs is 1. The van der Waals surface area contributed by atoms with Gasteiger partial charge in [0, 0.05) is 30.4 Å². The number of carbonyl (C=O) groups excluding carboxylic acids is 2. The van der Waals surface area contributed by atoms with Crippen LogP contribution in [-0.2, 0) is 13.1 Å². The number of pyridine rings is 1. The predicted molar refractivity (Wildman–Crippen MR) is 112 cm³/mol. The van der Waals surface area contributed by atoms with Gasteiger partial charge in [-0.1, -0.05) is 35.9 Å². The summed E-state index contributed by atoms with van der Waals surface area (Å²) in [5, 5.41) is -0.00490. The molecule has 0 N–H and O–H groups in total. The standard InChI is InChI=1S/C23H16ClF3N2O4/c24-18-10-14(6-7-19(18)32-13-23(25,26)27)11-29-12-17-16(21(29)30)8-9-28-20(17)22(31)33-15-4-2-1-3-5-15/h1-10H,11-13H2. The van der Waals surface area contributed by atoms with Crippen LogP contribution < -0.4 is 9.47 Å². The minimum Gasteiger partial charge on any atom is -0.483 e. The van der Waals surface area contributed by atoms with E-state index in [0.717, 1.165) is 0 Å². The minimum atomic E-state index is -4.48. The van der Waals surface area contributed by atoms with Crippen molar-refractivity contribution in [3.05, 3.63) is 88.2 Å². The van der Waals surface area contributed by atoms with Crippen LogP contribution in [-0.4, -0.2) is 34.5 Å². The Morgan fingerprint density at radius 3 is 2.58 bits per heavy atom. The van der Waals surface area contributed by atoms with E-state index >= 15 is 0 Å². The minimum absolute atomic E-state index is 0.00490. The molecule has 1 aliphatic heterocycles. The molecule has 6 nitrogen and oxygen atoms in total. The molecule has 0 aliphatic carbocycles. The molecule has 0 saturated heterocycles. The van der Waals surface area contributed by atoms with Crippen LogP contribution in [0.3, 0.4) is 0 Å². The molecule has 3 aromatic rings. The molecule has 2 aromatic carbocycles. The maximum Gasteiger partial charge on any atom is 0.422 e. The molecular weight excluding hydrogens is 461 g/mol. The SMILES string of the molecule is O=C(Oc1ccccc1)c1nccc2c1CN(Cc1ccc(OCC(F)(F)F)c(Cl)c1)C2=O. The summed E-state index contributed by atoms with van der Waals surface area (Å²) in [7, 11) is 0. The van der Waals surface area contributed by atoms with Crippen molar-refractivity contribution in [2.45, 2.75) is 19.3 Å². The molecule has 170 valence electrons. The van der Waals surface area contributed by atoms with Crippen molar-refractivity contribution in [2.75, 3.05) is 6.61 Å². The number of aromatic nitrogens is 1. The van der Waals surface area contributed by atoms with Gasteiger partial charge in [0.15, 0.2) is 12.3 Å². The van der Waals surface area contributed by atoms with Crippen LogP contribution in [0, 0.1) is 0 Å². The summed E-state index contributed by atoms with van der Waals surface area (Å²) in [6.45, 7) is -1.22. The highest BCUT2D eigenvalue weighted by atomic mass is 35.5. The van der Waals surface area contributed by atoms with Gasteiger partial charge in [0.05, 0.1) is 5.02 Å². The van der Waals surface area contributed by atoms with E-state index in [1.165, 1.54) is 35.4 Å². The van der Waals surface area contributed by atoms with E-state index in [2.05, 4.69) is 4.98 Å². The number of carbonyl (C=O) groups is 2. The highest BCUT2D eigenvalue weighted by Gasteiger charge is 2.33. The molecule has 1 aliphatic rings. The number of esters is 1. The first-order valence-electron chi connectivity index (χ1n) is 9.73. The highest BCUT2D eigenvalue weighted by molar-refractivity contribution is 6.32. The molecule has 0 atom stereocenters.